The van der Waals surface area contributed by atoms with Crippen molar-refractivity contribution in [1.29, 1.82) is 0 Å². The van der Waals surface area contributed by atoms with Crippen LogP contribution in [0.5, 0.6) is 0 Å². The van der Waals surface area contributed by atoms with Gasteiger partial charge in [0.2, 0.25) is 12.5 Å². The second-order valence-corrected chi connectivity index (χ2v) is 32.3. The molecule has 0 bridgehead atoms. The number of nitro groups is 1. The first-order valence-electron chi connectivity index (χ1n) is 17.4. The SMILES string of the molecule is C[SiH](C)OCC1[C@](OCCCC[N+](=O)[O-])(N2CC(C)(C(C)(C)C)C(=O)NC2=O)O[C@H](C(O)[Si](C)(C)C(C)(C)C)[C@]1(O)[Si](C)(C)C(C)(C)C. The Hall–Kier alpha value is -1.21. The minimum Gasteiger partial charge on any atom is -0.420 e. The molecule has 12 nitrogen and oxygen atoms in total. The van der Waals surface area contributed by atoms with Crippen molar-refractivity contribution in [3.05, 3.63) is 10.1 Å². The molecular formula is C33H67N3O9Si3. The van der Waals surface area contributed by atoms with Gasteiger partial charge in [-0.2, -0.15) is 0 Å². The first-order valence-corrected chi connectivity index (χ1v) is 26.3. The number of hydrogen-bond donors (Lipinski definition) is 3. The van der Waals surface area contributed by atoms with Gasteiger partial charge in [-0.15, -0.1) is 0 Å². The molecule has 3 amide bonds. The number of ether oxygens (including phenoxy) is 2. The van der Waals surface area contributed by atoms with Crippen LogP contribution in [-0.4, -0.2) is 106 Å². The summed E-state index contributed by atoms with van der Waals surface area (Å²) >= 11 is 0. The van der Waals surface area contributed by atoms with Crippen molar-refractivity contribution in [1.82, 2.24) is 10.2 Å². The number of imide groups is 1. The Morgan fingerprint density at radius 1 is 1.06 bits per heavy atom. The summed E-state index contributed by atoms with van der Waals surface area (Å²) < 4.78 is 20.3. The van der Waals surface area contributed by atoms with Gasteiger partial charge in [-0.25, -0.2) is 4.79 Å². The molecule has 0 aliphatic carbocycles. The molecule has 0 saturated carbocycles. The maximum Gasteiger partial charge on any atom is 0.328 e. The number of aliphatic hydroxyl groups is 2. The van der Waals surface area contributed by atoms with Crippen molar-refractivity contribution < 1.29 is 38.6 Å². The summed E-state index contributed by atoms with van der Waals surface area (Å²) in [5, 5.41) is 37.6. The highest BCUT2D eigenvalue weighted by Gasteiger charge is 2.77. The van der Waals surface area contributed by atoms with Crippen LogP contribution in [0.1, 0.15) is 82.1 Å². The van der Waals surface area contributed by atoms with Crippen LogP contribution >= 0.6 is 0 Å². The van der Waals surface area contributed by atoms with Gasteiger partial charge in [0.1, 0.15) is 6.10 Å². The zero-order valence-electron chi connectivity index (χ0n) is 32.7. The Bertz CT molecular complexity index is 1200. The summed E-state index contributed by atoms with van der Waals surface area (Å²) in [5.41, 5.74) is -2.78. The van der Waals surface area contributed by atoms with Gasteiger partial charge >= 0.3 is 6.03 Å². The molecule has 0 aromatic rings. The maximum atomic E-state index is 14.2. The van der Waals surface area contributed by atoms with Gasteiger partial charge in [0.15, 0.2) is 9.04 Å². The van der Waals surface area contributed by atoms with E-state index in [0.29, 0.717) is 0 Å². The van der Waals surface area contributed by atoms with E-state index in [2.05, 4.69) is 73.0 Å². The van der Waals surface area contributed by atoms with Gasteiger partial charge in [0, 0.05) is 24.5 Å². The molecule has 280 valence electrons. The Morgan fingerprint density at radius 3 is 2.04 bits per heavy atom. The normalized spacial score (nSPS) is 30.2. The maximum absolute atomic E-state index is 14.2. The lowest BCUT2D eigenvalue weighted by Crippen LogP contribution is -2.75. The Kier molecular flexibility index (Phi) is 12.6. The lowest BCUT2D eigenvalue weighted by atomic mass is 9.66. The number of hydrogen-bond acceptors (Lipinski definition) is 9. The average molecular weight is 734 g/mol. The molecule has 0 aromatic carbocycles. The van der Waals surface area contributed by atoms with Gasteiger partial charge in [-0.1, -0.05) is 88.5 Å². The molecular weight excluding hydrogens is 667 g/mol. The van der Waals surface area contributed by atoms with E-state index in [-0.39, 0.29) is 49.1 Å². The molecule has 2 aliphatic rings. The van der Waals surface area contributed by atoms with Gasteiger partial charge in [0.25, 0.3) is 5.91 Å². The fourth-order valence-electron chi connectivity index (χ4n) is 6.49. The van der Waals surface area contributed by atoms with Crippen LogP contribution in [0, 0.1) is 26.9 Å². The fourth-order valence-corrected chi connectivity index (χ4v) is 12.5. The summed E-state index contributed by atoms with van der Waals surface area (Å²) in [6.07, 6.45) is -0.639. The average Bonchev–Trinajstić information content (AvgIpc) is 3.16. The molecule has 6 atom stereocenters. The van der Waals surface area contributed by atoms with Crippen LogP contribution in [0.2, 0.25) is 49.4 Å². The van der Waals surface area contributed by atoms with Gasteiger partial charge in [-0.3, -0.25) is 25.1 Å². The number of amides is 3. The lowest BCUT2D eigenvalue weighted by Gasteiger charge is -2.55. The van der Waals surface area contributed by atoms with E-state index in [9.17, 15) is 29.9 Å². The van der Waals surface area contributed by atoms with Gasteiger partial charge < -0.3 is 24.1 Å². The number of rotatable bonds is 13. The molecule has 3 N–H and O–H groups in total. The van der Waals surface area contributed by atoms with Crippen molar-refractivity contribution in [2.24, 2.45) is 16.7 Å². The number of aliphatic hydroxyl groups excluding tert-OH is 1. The van der Waals surface area contributed by atoms with Gasteiger partial charge in [0.05, 0.1) is 45.0 Å². The van der Waals surface area contributed by atoms with Crippen LogP contribution in [0.4, 0.5) is 4.79 Å². The van der Waals surface area contributed by atoms with E-state index >= 15 is 0 Å². The molecule has 0 aromatic heterocycles. The number of unbranched alkanes of at least 4 members (excludes halogenated alkanes) is 1. The van der Waals surface area contributed by atoms with E-state index in [1.54, 1.807) is 6.92 Å². The van der Waals surface area contributed by atoms with E-state index < -0.39 is 81.9 Å². The topological polar surface area (TPSA) is 161 Å². The van der Waals surface area contributed by atoms with Crippen molar-refractivity contribution in [2.75, 3.05) is 26.3 Å². The molecule has 2 fully saturated rings. The second-order valence-electron chi connectivity index (χ2n) is 18.8. The number of urea groups is 1. The minimum absolute atomic E-state index is 0.00746. The Morgan fingerprint density at radius 2 is 1.60 bits per heavy atom. The van der Waals surface area contributed by atoms with Crippen molar-refractivity contribution >= 4 is 37.1 Å². The predicted molar refractivity (Wildman–Crippen MR) is 196 cm³/mol. The number of carbonyl (C=O) groups is 2. The summed E-state index contributed by atoms with van der Waals surface area (Å²) in [4.78, 5) is 39.8. The first kappa shape index (κ1) is 43.0. The quantitative estimate of drug-likeness (QED) is 0.0959. The van der Waals surface area contributed by atoms with Crippen LogP contribution < -0.4 is 5.32 Å². The van der Waals surface area contributed by atoms with Crippen molar-refractivity contribution in [3.63, 3.8) is 0 Å². The van der Waals surface area contributed by atoms with Crippen LogP contribution in [-0.2, 0) is 18.7 Å². The minimum atomic E-state index is -2.99. The molecule has 0 spiro atoms. The second kappa shape index (κ2) is 14.1. The molecule has 2 saturated heterocycles. The van der Waals surface area contributed by atoms with E-state index in [4.69, 9.17) is 13.9 Å². The highest BCUT2D eigenvalue weighted by Crippen LogP contribution is 2.59. The first-order chi connectivity index (χ1) is 21.4. The summed E-state index contributed by atoms with van der Waals surface area (Å²) in [6.45, 7) is 32.2. The van der Waals surface area contributed by atoms with Crippen LogP contribution in [0.15, 0.2) is 0 Å². The third kappa shape index (κ3) is 7.53. The van der Waals surface area contributed by atoms with Crippen molar-refractivity contribution in [2.45, 2.75) is 154 Å². The largest absolute Gasteiger partial charge is 0.420 e. The smallest absolute Gasteiger partial charge is 0.328 e. The summed E-state index contributed by atoms with van der Waals surface area (Å²) in [5.74, 6) is -3.37. The zero-order chi connectivity index (χ0) is 37.7. The summed E-state index contributed by atoms with van der Waals surface area (Å²) in [7, 11) is -7.39. The highest BCUT2D eigenvalue weighted by molar-refractivity contribution is 6.84. The molecule has 48 heavy (non-hydrogen) atoms. The zero-order valence-corrected chi connectivity index (χ0v) is 35.9. The van der Waals surface area contributed by atoms with Gasteiger partial charge in [-0.05, 0) is 41.9 Å². The molecule has 15 heteroatoms. The highest BCUT2D eigenvalue weighted by atomic mass is 28.3. The molecule has 3 unspecified atom stereocenters. The molecule has 2 aliphatic heterocycles. The van der Waals surface area contributed by atoms with E-state index in [0.717, 1.165) is 0 Å². The van der Waals surface area contributed by atoms with E-state index in [1.165, 1.54) is 4.90 Å². The summed E-state index contributed by atoms with van der Waals surface area (Å²) in [6, 6.07) is -0.723. The number of nitrogens with one attached hydrogen (secondary N) is 1. The standard InChI is InChI=1S/C33H67N3O9Si3/c1-28(2,3)31(10)22-35(27(39)34-26(31)38)33(43-20-18-17-19-36(41)42)23(21-44-46(11)12)32(40,48(15,16)30(7,8)9)24(45-33)25(37)47(13,14)29(4,5)6/h23-25,37,40,46H,17-22H2,1-16H3,(H,34,38,39)/t23?,24-,25?,31?,32-,33-/m1/s1. The fraction of sp³-hybridized carbons (Fsp3) is 0.939. The van der Waals surface area contributed by atoms with Crippen LogP contribution in [0.25, 0.3) is 0 Å². The lowest BCUT2D eigenvalue weighted by molar-refractivity contribution is -0.480. The predicted octanol–water partition coefficient (Wildman–Crippen LogP) is 5.52. The van der Waals surface area contributed by atoms with Crippen LogP contribution in [0.3, 0.4) is 0 Å². The Balaban J connectivity index is 3.05. The third-order valence-electron chi connectivity index (χ3n) is 12.6. The molecule has 2 heterocycles. The number of nitrogens with zero attached hydrogens (tertiary/aromatic N) is 2. The third-order valence-corrected chi connectivity index (χ3v) is 25.5. The Labute approximate surface area is 292 Å². The van der Waals surface area contributed by atoms with E-state index in [1.807, 2.05) is 33.9 Å². The monoisotopic (exact) mass is 733 g/mol. The molecule has 2 rings (SSSR count). The number of carbonyl (C=O) groups excluding carboxylic acids is 2. The van der Waals surface area contributed by atoms with Crippen molar-refractivity contribution in [3.8, 4) is 0 Å². The molecule has 0 radical (unpaired) electrons.